The zero-order chi connectivity index (χ0) is 11.8. The van der Waals surface area contributed by atoms with E-state index in [4.69, 9.17) is 4.42 Å². The van der Waals surface area contributed by atoms with Crippen LogP contribution in [-0.2, 0) is 5.60 Å². The number of benzene rings is 1. The number of furan rings is 1. The van der Waals surface area contributed by atoms with Crippen LogP contribution >= 0.6 is 15.9 Å². The van der Waals surface area contributed by atoms with Crippen molar-refractivity contribution in [2.45, 2.75) is 12.5 Å². The van der Waals surface area contributed by atoms with Crippen molar-refractivity contribution in [2.24, 2.45) is 0 Å². The molecule has 0 saturated carbocycles. The molecule has 4 heteroatoms. The van der Waals surface area contributed by atoms with E-state index in [1.165, 1.54) is 18.4 Å². The molecule has 84 valence electrons. The number of aliphatic hydroxyl groups is 1. The molecule has 1 unspecified atom stereocenters. The molecular weight excluding hydrogens is 275 g/mol. The Kier molecular flexibility index (Phi) is 2.86. The first-order valence-electron chi connectivity index (χ1n) is 4.73. The minimum Gasteiger partial charge on any atom is -0.465 e. The van der Waals surface area contributed by atoms with Gasteiger partial charge in [0.25, 0.3) is 0 Å². The molecule has 0 amide bonds. The molecule has 0 spiro atoms. The van der Waals surface area contributed by atoms with Gasteiger partial charge in [0.1, 0.15) is 11.4 Å². The van der Waals surface area contributed by atoms with Crippen LogP contribution in [0.3, 0.4) is 0 Å². The Morgan fingerprint density at radius 3 is 2.69 bits per heavy atom. The summed E-state index contributed by atoms with van der Waals surface area (Å²) in [4.78, 5) is 0. The van der Waals surface area contributed by atoms with Crippen LogP contribution in [-0.4, -0.2) is 5.11 Å². The summed E-state index contributed by atoms with van der Waals surface area (Å²) in [6, 6.07) is 7.50. The Balaban J connectivity index is 2.51. The van der Waals surface area contributed by atoms with Gasteiger partial charge in [-0.25, -0.2) is 4.39 Å². The van der Waals surface area contributed by atoms with Crippen molar-refractivity contribution in [2.75, 3.05) is 0 Å². The van der Waals surface area contributed by atoms with Crippen molar-refractivity contribution in [1.29, 1.82) is 0 Å². The predicted molar refractivity (Wildman–Crippen MR) is 61.5 cm³/mol. The Hall–Kier alpha value is -1.13. The fourth-order valence-corrected chi connectivity index (χ4v) is 2.15. The third-order valence-corrected chi connectivity index (χ3v) is 3.07. The van der Waals surface area contributed by atoms with Gasteiger partial charge in [-0.15, -0.1) is 0 Å². The van der Waals surface area contributed by atoms with E-state index in [9.17, 15) is 9.50 Å². The number of halogens is 2. The topological polar surface area (TPSA) is 33.4 Å². The number of hydrogen-bond donors (Lipinski definition) is 1. The molecule has 2 nitrogen and oxygen atoms in total. The number of hydrogen-bond acceptors (Lipinski definition) is 2. The second kappa shape index (κ2) is 4.03. The first-order valence-corrected chi connectivity index (χ1v) is 5.53. The number of rotatable bonds is 2. The molecule has 1 aromatic heterocycles. The lowest BCUT2D eigenvalue weighted by Gasteiger charge is -2.21. The van der Waals surface area contributed by atoms with Gasteiger partial charge in [0, 0.05) is 0 Å². The second-order valence-corrected chi connectivity index (χ2v) is 4.53. The van der Waals surface area contributed by atoms with Gasteiger partial charge in [-0.2, -0.15) is 0 Å². The van der Waals surface area contributed by atoms with Crippen molar-refractivity contribution in [3.8, 4) is 0 Å². The van der Waals surface area contributed by atoms with Crippen LogP contribution in [0.5, 0.6) is 0 Å². The van der Waals surface area contributed by atoms with Crippen LogP contribution < -0.4 is 0 Å². The first-order chi connectivity index (χ1) is 7.51. The monoisotopic (exact) mass is 284 g/mol. The second-order valence-electron chi connectivity index (χ2n) is 3.68. The zero-order valence-electron chi connectivity index (χ0n) is 8.58. The molecule has 0 aliphatic heterocycles. The summed E-state index contributed by atoms with van der Waals surface area (Å²) >= 11 is 3.27. The van der Waals surface area contributed by atoms with E-state index in [-0.39, 0.29) is 5.82 Å². The maximum Gasteiger partial charge on any atom is 0.153 e. The standard InChI is InChI=1S/C12H10BrFO2/c1-12(15,11-10(13)5-6-16-11)8-3-2-4-9(14)7-8/h2-7,15H,1H3. The summed E-state index contributed by atoms with van der Waals surface area (Å²) < 4.78 is 18.9. The Morgan fingerprint density at radius 1 is 1.38 bits per heavy atom. The van der Waals surface area contributed by atoms with E-state index in [1.807, 2.05) is 0 Å². The Morgan fingerprint density at radius 2 is 2.12 bits per heavy atom. The first kappa shape index (κ1) is 11.4. The highest BCUT2D eigenvalue weighted by molar-refractivity contribution is 9.10. The van der Waals surface area contributed by atoms with Crippen molar-refractivity contribution in [3.63, 3.8) is 0 Å². The molecular formula is C12H10BrFO2. The van der Waals surface area contributed by atoms with E-state index in [0.29, 0.717) is 15.8 Å². The van der Waals surface area contributed by atoms with Crippen LogP contribution in [0.2, 0.25) is 0 Å². The van der Waals surface area contributed by atoms with Gasteiger partial charge in [-0.3, -0.25) is 0 Å². The molecule has 1 atom stereocenters. The van der Waals surface area contributed by atoms with Crippen molar-refractivity contribution in [3.05, 3.63) is 58.2 Å². The van der Waals surface area contributed by atoms with Gasteiger partial charge >= 0.3 is 0 Å². The summed E-state index contributed by atoms with van der Waals surface area (Å²) in [7, 11) is 0. The molecule has 0 fully saturated rings. The molecule has 1 N–H and O–H groups in total. The third-order valence-electron chi connectivity index (χ3n) is 2.45. The van der Waals surface area contributed by atoms with E-state index in [2.05, 4.69) is 15.9 Å². The minimum atomic E-state index is -1.36. The minimum absolute atomic E-state index is 0.359. The lowest BCUT2D eigenvalue weighted by molar-refractivity contribution is 0.0754. The van der Waals surface area contributed by atoms with Crippen molar-refractivity contribution < 1.29 is 13.9 Å². The van der Waals surface area contributed by atoms with E-state index in [1.54, 1.807) is 25.1 Å². The van der Waals surface area contributed by atoms with Crippen LogP contribution in [0, 0.1) is 5.82 Å². The average molecular weight is 285 g/mol. The average Bonchev–Trinajstić information content (AvgIpc) is 2.65. The Labute approximate surface area is 101 Å². The molecule has 0 radical (unpaired) electrons. The van der Waals surface area contributed by atoms with Crippen LogP contribution in [0.1, 0.15) is 18.2 Å². The molecule has 1 heterocycles. The van der Waals surface area contributed by atoms with Crippen LogP contribution in [0.15, 0.2) is 45.5 Å². The summed E-state index contributed by atoms with van der Waals surface area (Å²) in [5.74, 6) is -0.0291. The van der Waals surface area contributed by atoms with Gasteiger partial charge in [0.2, 0.25) is 0 Å². The normalized spacial score (nSPS) is 14.8. The smallest absolute Gasteiger partial charge is 0.153 e. The van der Waals surface area contributed by atoms with Crippen LogP contribution in [0.4, 0.5) is 4.39 Å². The van der Waals surface area contributed by atoms with Crippen LogP contribution in [0.25, 0.3) is 0 Å². The molecule has 0 bridgehead atoms. The lowest BCUT2D eigenvalue weighted by Crippen LogP contribution is -2.22. The maximum absolute atomic E-state index is 13.1. The highest BCUT2D eigenvalue weighted by Gasteiger charge is 2.31. The maximum atomic E-state index is 13.1. The molecule has 16 heavy (non-hydrogen) atoms. The van der Waals surface area contributed by atoms with Gasteiger partial charge in [-0.05, 0) is 46.6 Å². The summed E-state index contributed by atoms with van der Waals surface area (Å²) in [5, 5.41) is 10.4. The highest BCUT2D eigenvalue weighted by Crippen LogP contribution is 2.34. The molecule has 0 aliphatic carbocycles. The highest BCUT2D eigenvalue weighted by atomic mass is 79.9. The molecule has 1 aromatic carbocycles. The summed E-state index contributed by atoms with van der Waals surface area (Å²) in [6.07, 6.45) is 1.47. The molecule has 0 saturated heterocycles. The zero-order valence-corrected chi connectivity index (χ0v) is 10.2. The summed E-state index contributed by atoms with van der Waals surface area (Å²) in [5.41, 5.74) is -0.909. The van der Waals surface area contributed by atoms with Crippen molar-refractivity contribution in [1.82, 2.24) is 0 Å². The molecule has 0 aliphatic rings. The Bertz CT molecular complexity index is 505. The predicted octanol–water partition coefficient (Wildman–Crippen LogP) is 3.44. The van der Waals surface area contributed by atoms with Crippen molar-refractivity contribution >= 4 is 15.9 Å². The fourth-order valence-electron chi connectivity index (χ4n) is 1.56. The van der Waals surface area contributed by atoms with Gasteiger partial charge in [0.05, 0.1) is 10.7 Å². The third kappa shape index (κ3) is 1.90. The van der Waals surface area contributed by atoms with Gasteiger partial charge in [-0.1, -0.05) is 12.1 Å². The van der Waals surface area contributed by atoms with E-state index < -0.39 is 5.60 Å². The van der Waals surface area contributed by atoms with Gasteiger partial charge < -0.3 is 9.52 Å². The summed E-state index contributed by atoms with van der Waals surface area (Å²) in [6.45, 7) is 1.56. The molecule has 2 rings (SSSR count). The molecule has 2 aromatic rings. The SMILES string of the molecule is CC(O)(c1cccc(F)c1)c1occc1Br. The largest absolute Gasteiger partial charge is 0.465 e. The lowest BCUT2D eigenvalue weighted by atomic mass is 9.93. The van der Waals surface area contributed by atoms with E-state index >= 15 is 0 Å². The van der Waals surface area contributed by atoms with E-state index in [0.717, 1.165) is 0 Å². The fraction of sp³-hybridized carbons (Fsp3) is 0.167. The quantitative estimate of drug-likeness (QED) is 0.917. The van der Waals surface area contributed by atoms with Gasteiger partial charge in [0.15, 0.2) is 5.76 Å².